The minimum Gasteiger partial charge on any atom is -0.459 e. The van der Waals surface area contributed by atoms with Crippen LogP contribution < -0.4 is 0 Å². The molecule has 1 heteroatoms. The minimum absolute atomic E-state index is 0.758. The van der Waals surface area contributed by atoms with Crippen molar-refractivity contribution in [1.29, 1.82) is 0 Å². The fraction of sp³-hybridized carbons (Fsp3) is 0.462. The van der Waals surface area contributed by atoms with Gasteiger partial charge in [0.25, 0.3) is 0 Å². The predicted molar refractivity (Wildman–Crippen MR) is 60.1 cm³/mol. The van der Waals surface area contributed by atoms with E-state index in [1.807, 2.05) is 0 Å². The summed E-state index contributed by atoms with van der Waals surface area (Å²) in [5.74, 6) is 0.758. The summed E-state index contributed by atoms with van der Waals surface area (Å²) in [6, 6.07) is 8.98. The van der Waals surface area contributed by atoms with Gasteiger partial charge in [0.15, 0.2) is 0 Å². The fourth-order valence-corrected chi connectivity index (χ4v) is 2.10. The van der Waals surface area contributed by atoms with E-state index >= 15 is 0 Å². The van der Waals surface area contributed by atoms with E-state index < -0.39 is 0 Å². The Morgan fingerprint density at radius 2 is 1.71 bits per heavy atom. The van der Waals surface area contributed by atoms with Gasteiger partial charge in [0.05, 0.1) is 0 Å². The smallest absolute Gasteiger partial charge is 0.0139 e. The van der Waals surface area contributed by atoms with Crippen molar-refractivity contribution in [2.45, 2.75) is 25.7 Å². The zero-order valence-corrected chi connectivity index (χ0v) is 8.87. The van der Waals surface area contributed by atoms with Crippen molar-refractivity contribution in [3.05, 3.63) is 42.4 Å². The molecular weight excluding hydrogens is 170 g/mol. The van der Waals surface area contributed by atoms with E-state index in [9.17, 15) is 0 Å². The zero-order valence-electron chi connectivity index (χ0n) is 8.87. The molecule has 0 N–H and O–H groups in total. The first-order valence-electron chi connectivity index (χ1n) is 5.38. The fourth-order valence-electron chi connectivity index (χ4n) is 2.10. The molecule has 1 aliphatic rings. The second kappa shape index (κ2) is 4.14. The molecule has 0 unspecified atom stereocenters. The lowest BCUT2D eigenvalue weighted by molar-refractivity contribution is 0.280. The highest BCUT2D eigenvalue weighted by molar-refractivity contribution is 5.24. The number of aryl methyl sites for hydroxylation is 1. The van der Waals surface area contributed by atoms with Crippen LogP contribution >= 0.6 is 0 Å². The number of hydrogen-bond donors (Lipinski definition) is 0. The second-order valence-corrected chi connectivity index (χ2v) is 4.30. The SMILES string of the molecule is [CH2-]N1CCC(c2ccc(C)cc2)CC1. The van der Waals surface area contributed by atoms with Gasteiger partial charge in [0.2, 0.25) is 0 Å². The summed E-state index contributed by atoms with van der Waals surface area (Å²) in [7, 11) is 3.97. The van der Waals surface area contributed by atoms with Gasteiger partial charge >= 0.3 is 0 Å². The number of likely N-dealkylation sites (tertiary alicyclic amines) is 1. The number of hydrogen-bond acceptors (Lipinski definition) is 1. The maximum absolute atomic E-state index is 3.97. The van der Waals surface area contributed by atoms with Crippen molar-refractivity contribution in [3.8, 4) is 0 Å². The van der Waals surface area contributed by atoms with E-state index in [0.717, 1.165) is 19.0 Å². The molecule has 1 nitrogen and oxygen atoms in total. The monoisotopic (exact) mass is 188 g/mol. The van der Waals surface area contributed by atoms with Crippen LogP contribution in [-0.2, 0) is 0 Å². The van der Waals surface area contributed by atoms with E-state index in [1.165, 1.54) is 24.0 Å². The van der Waals surface area contributed by atoms with Crippen molar-refractivity contribution in [2.24, 2.45) is 0 Å². The molecule has 1 aliphatic heterocycles. The molecule has 1 heterocycles. The van der Waals surface area contributed by atoms with Crippen molar-refractivity contribution < 1.29 is 0 Å². The molecule has 0 saturated carbocycles. The van der Waals surface area contributed by atoms with Crippen LogP contribution in [-0.4, -0.2) is 18.0 Å². The van der Waals surface area contributed by atoms with Gasteiger partial charge in [-0.05, 0) is 44.3 Å². The first kappa shape index (κ1) is 9.72. The number of rotatable bonds is 1. The first-order valence-corrected chi connectivity index (χ1v) is 5.38. The average Bonchev–Trinajstić information content (AvgIpc) is 2.21. The topological polar surface area (TPSA) is 3.24 Å². The molecule has 0 radical (unpaired) electrons. The maximum Gasteiger partial charge on any atom is -0.0139 e. The van der Waals surface area contributed by atoms with E-state index in [1.54, 1.807) is 0 Å². The van der Waals surface area contributed by atoms with Gasteiger partial charge in [-0.3, -0.25) is 7.05 Å². The van der Waals surface area contributed by atoms with Gasteiger partial charge in [0.1, 0.15) is 0 Å². The predicted octanol–water partition coefficient (Wildman–Crippen LogP) is 2.97. The Labute approximate surface area is 86.7 Å². The molecule has 1 saturated heterocycles. The highest BCUT2D eigenvalue weighted by atomic mass is 15.1. The maximum atomic E-state index is 3.97. The van der Waals surface area contributed by atoms with Crippen molar-refractivity contribution in [3.63, 3.8) is 0 Å². The lowest BCUT2D eigenvalue weighted by atomic mass is 9.89. The summed E-state index contributed by atoms with van der Waals surface area (Å²) in [5, 5.41) is 0. The lowest BCUT2D eigenvalue weighted by Gasteiger charge is -2.34. The van der Waals surface area contributed by atoms with E-state index in [0.29, 0.717) is 0 Å². The largest absolute Gasteiger partial charge is 0.459 e. The van der Waals surface area contributed by atoms with E-state index in [-0.39, 0.29) is 0 Å². The third kappa shape index (κ3) is 2.16. The van der Waals surface area contributed by atoms with Gasteiger partial charge in [-0.25, -0.2) is 0 Å². The Hall–Kier alpha value is -0.820. The molecule has 0 spiro atoms. The van der Waals surface area contributed by atoms with Crippen molar-refractivity contribution >= 4 is 0 Å². The van der Waals surface area contributed by atoms with Crippen molar-refractivity contribution in [1.82, 2.24) is 4.90 Å². The van der Waals surface area contributed by atoms with Gasteiger partial charge < -0.3 is 4.90 Å². The zero-order chi connectivity index (χ0) is 9.97. The van der Waals surface area contributed by atoms with Gasteiger partial charge in [0, 0.05) is 0 Å². The summed E-state index contributed by atoms with van der Waals surface area (Å²) in [4.78, 5) is 2.17. The van der Waals surface area contributed by atoms with Crippen LogP contribution in [0.25, 0.3) is 0 Å². The Kier molecular flexibility index (Phi) is 2.87. The van der Waals surface area contributed by atoms with Crippen LogP contribution in [0.5, 0.6) is 0 Å². The van der Waals surface area contributed by atoms with E-state index in [4.69, 9.17) is 0 Å². The van der Waals surface area contributed by atoms with Gasteiger partial charge in [-0.15, -0.1) is 0 Å². The minimum atomic E-state index is 0.758. The van der Waals surface area contributed by atoms with Crippen LogP contribution in [0.1, 0.15) is 29.9 Å². The van der Waals surface area contributed by atoms with E-state index in [2.05, 4.69) is 43.1 Å². The third-order valence-electron chi connectivity index (χ3n) is 3.14. The number of benzene rings is 1. The molecular formula is C13H18N-. The highest BCUT2D eigenvalue weighted by Gasteiger charge is 2.15. The molecule has 2 rings (SSSR count). The molecule has 14 heavy (non-hydrogen) atoms. The van der Waals surface area contributed by atoms with Crippen molar-refractivity contribution in [2.75, 3.05) is 13.1 Å². The summed E-state index contributed by atoms with van der Waals surface area (Å²) in [5.41, 5.74) is 2.85. The van der Waals surface area contributed by atoms with Gasteiger partial charge in [-0.1, -0.05) is 29.8 Å². The molecule has 76 valence electrons. The van der Waals surface area contributed by atoms with Crippen LogP contribution in [0, 0.1) is 14.0 Å². The standard InChI is InChI=1S/C13H18N/c1-11-3-5-12(6-4-11)13-7-9-14(2)10-8-13/h3-6,13H,2,7-10H2,1H3/q-1. The summed E-state index contributed by atoms with van der Waals surface area (Å²) in [6.07, 6.45) is 2.51. The third-order valence-corrected chi connectivity index (χ3v) is 3.14. The van der Waals surface area contributed by atoms with Crippen LogP contribution in [0.15, 0.2) is 24.3 Å². The number of nitrogens with zero attached hydrogens (tertiary/aromatic N) is 1. The Morgan fingerprint density at radius 3 is 2.29 bits per heavy atom. The highest BCUT2D eigenvalue weighted by Crippen LogP contribution is 2.27. The van der Waals surface area contributed by atoms with Crippen LogP contribution in [0.2, 0.25) is 0 Å². The lowest BCUT2D eigenvalue weighted by Crippen LogP contribution is -2.27. The summed E-state index contributed by atoms with van der Waals surface area (Å²) >= 11 is 0. The Morgan fingerprint density at radius 1 is 1.14 bits per heavy atom. The molecule has 1 aromatic rings. The molecule has 0 amide bonds. The number of piperidine rings is 1. The Bertz CT molecular complexity index is 281. The normalized spacial score (nSPS) is 19.9. The molecule has 0 bridgehead atoms. The summed E-state index contributed by atoms with van der Waals surface area (Å²) in [6.45, 7) is 4.42. The molecule has 1 aromatic carbocycles. The first-order chi connectivity index (χ1) is 6.75. The second-order valence-electron chi connectivity index (χ2n) is 4.30. The Balaban J connectivity index is 2.05. The molecule has 1 fully saturated rings. The molecule has 0 aliphatic carbocycles. The van der Waals surface area contributed by atoms with Crippen LogP contribution in [0.4, 0.5) is 0 Å². The molecule has 0 atom stereocenters. The van der Waals surface area contributed by atoms with Crippen LogP contribution in [0.3, 0.4) is 0 Å². The summed E-state index contributed by atoms with van der Waals surface area (Å²) < 4.78 is 0. The quantitative estimate of drug-likeness (QED) is 0.612. The molecule has 0 aromatic heterocycles. The van der Waals surface area contributed by atoms with Gasteiger partial charge in [-0.2, -0.15) is 0 Å². The average molecular weight is 188 g/mol.